The molecule has 1 aromatic heterocycles. The van der Waals surface area contributed by atoms with Gasteiger partial charge in [-0.25, -0.2) is 0 Å². The summed E-state index contributed by atoms with van der Waals surface area (Å²) in [6.45, 7) is 6.37. The molecule has 2 aromatic rings. The second-order valence-electron chi connectivity index (χ2n) is 6.48. The van der Waals surface area contributed by atoms with Gasteiger partial charge in [0.2, 0.25) is 5.91 Å². The van der Waals surface area contributed by atoms with Crippen LogP contribution in [0.3, 0.4) is 0 Å². The van der Waals surface area contributed by atoms with E-state index >= 15 is 0 Å². The number of aryl methyl sites for hydroxylation is 2. The van der Waals surface area contributed by atoms with E-state index in [-0.39, 0.29) is 18.4 Å². The van der Waals surface area contributed by atoms with Gasteiger partial charge in [-0.05, 0) is 31.5 Å². The first-order valence-corrected chi connectivity index (χ1v) is 9.21. The summed E-state index contributed by atoms with van der Waals surface area (Å²) in [5.41, 5.74) is 2.80. The van der Waals surface area contributed by atoms with E-state index in [1.54, 1.807) is 18.5 Å². The van der Waals surface area contributed by atoms with Gasteiger partial charge in [-0.1, -0.05) is 11.6 Å². The Hall–Kier alpha value is -2.22. The lowest BCUT2D eigenvalue weighted by Crippen LogP contribution is -2.41. The van der Waals surface area contributed by atoms with Crippen LogP contribution in [0.5, 0.6) is 5.75 Å². The van der Waals surface area contributed by atoms with Crippen molar-refractivity contribution in [1.29, 1.82) is 0 Å². The van der Waals surface area contributed by atoms with Crippen LogP contribution in [0.2, 0.25) is 5.02 Å². The first-order chi connectivity index (χ1) is 13.0. The average Bonchev–Trinajstić information content (AvgIpc) is 2.66. The van der Waals surface area contributed by atoms with Crippen molar-refractivity contribution in [2.75, 3.05) is 31.6 Å². The van der Waals surface area contributed by atoms with Crippen LogP contribution in [0.1, 0.15) is 17.0 Å². The van der Waals surface area contributed by atoms with Crippen molar-refractivity contribution < 1.29 is 14.3 Å². The molecule has 0 spiro atoms. The predicted molar refractivity (Wildman–Crippen MR) is 103 cm³/mol. The maximum Gasteiger partial charge on any atom is 0.230 e. The normalized spacial score (nSPS) is 16.8. The lowest BCUT2D eigenvalue weighted by molar-refractivity contribution is -0.115. The molecular formula is C19H23ClN4O3. The van der Waals surface area contributed by atoms with Crippen LogP contribution in [-0.4, -0.2) is 48.3 Å². The Kier molecular flexibility index (Phi) is 6.60. The molecule has 0 saturated carbocycles. The summed E-state index contributed by atoms with van der Waals surface area (Å²) in [4.78, 5) is 20.8. The Labute approximate surface area is 163 Å². The van der Waals surface area contributed by atoms with Crippen LogP contribution in [0, 0.1) is 13.8 Å². The van der Waals surface area contributed by atoms with E-state index in [0.29, 0.717) is 35.4 Å². The number of carbonyl (C=O) groups is 1. The van der Waals surface area contributed by atoms with Crippen molar-refractivity contribution in [3.05, 3.63) is 46.5 Å². The zero-order valence-electron chi connectivity index (χ0n) is 15.4. The number of ether oxygens (including phenoxy) is 2. The Bertz CT molecular complexity index is 792. The molecule has 1 saturated heterocycles. The van der Waals surface area contributed by atoms with E-state index in [1.807, 2.05) is 19.9 Å². The zero-order valence-corrected chi connectivity index (χ0v) is 16.2. The second kappa shape index (κ2) is 9.12. The minimum Gasteiger partial charge on any atom is -0.489 e. The molecule has 0 radical (unpaired) electrons. The van der Waals surface area contributed by atoms with Crippen LogP contribution in [0.25, 0.3) is 0 Å². The summed E-state index contributed by atoms with van der Waals surface area (Å²) < 4.78 is 11.6. The van der Waals surface area contributed by atoms with Gasteiger partial charge in [0.05, 0.1) is 30.1 Å². The molecule has 1 aliphatic rings. The number of morpholine rings is 1. The van der Waals surface area contributed by atoms with Gasteiger partial charge in [-0.2, -0.15) is 0 Å². The molecule has 1 aliphatic heterocycles. The molecule has 3 rings (SSSR count). The first kappa shape index (κ1) is 19.5. The average molecular weight is 391 g/mol. The number of anilines is 1. The fourth-order valence-electron chi connectivity index (χ4n) is 2.65. The number of hydrogen-bond donors (Lipinski definition) is 2. The van der Waals surface area contributed by atoms with Gasteiger partial charge in [0.1, 0.15) is 18.5 Å². The van der Waals surface area contributed by atoms with Gasteiger partial charge >= 0.3 is 0 Å². The van der Waals surface area contributed by atoms with Gasteiger partial charge < -0.3 is 20.1 Å². The van der Waals surface area contributed by atoms with Gasteiger partial charge in [0.15, 0.2) is 0 Å². The van der Waals surface area contributed by atoms with E-state index in [1.165, 1.54) is 0 Å². The number of amides is 1. The van der Waals surface area contributed by atoms with Crippen molar-refractivity contribution in [2.45, 2.75) is 26.4 Å². The summed E-state index contributed by atoms with van der Waals surface area (Å²) in [5.74, 6) is 0.350. The number of nitrogens with zero attached hydrogens (tertiary/aromatic N) is 2. The molecule has 2 heterocycles. The summed E-state index contributed by atoms with van der Waals surface area (Å²) in [6, 6.07) is 3.52. The maximum absolute atomic E-state index is 12.4. The van der Waals surface area contributed by atoms with E-state index < -0.39 is 0 Å². The molecule has 1 atom stereocenters. The molecule has 8 heteroatoms. The largest absolute Gasteiger partial charge is 0.489 e. The van der Waals surface area contributed by atoms with Crippen LogP contribution in [0.15, 0.2) is 24.5 Å². The van der Waals surface area contributed by atoms with Gasteiger partial charge in [0.25, 0.3) is 0 Å². The van der Waals surface area contributed by atoms with E-state index in [0.717, 1.165) is 24.3 Å². The van der Waals surface area contributed by atoms with Crippen molar-refractivity contribution in [3.8, 4) is 5.75 Å². The molecule has 1 unspecified atom stereocenters. The number of carbonyl (C=O) groups excluding carboxylic acids is 1. The molecule has 144 valence electrons. The second-order valence-corrected chi connectivity index (χ2v) is 6.89. The Balaban J connectivity index is 1.67. The fraction of sp³-hybridized carbons (Fsp3) is 0.421. The summed E-state index contributed by atoms with van der Waals surface area (Å²) in [5, 5.41) is 6.68. The van der Waals surface area contributed by atoms with E-state index in [4.69, 9.17) is 21.1 Å². The topological polar surface area (TPSA) is 85.4 Å². The number of halogens is 1. The van der Waals surface area contributed by atoms with Crippen LogP contribution >= 0.6 is 11.6 Å². The molecule has 27 heavy (non-hydrogen) atoms. The highest BCUT2D eigenvalue weighted by Gasteiger charge is 2.17. The quantitative estimate of drug-likeness (QED) is 0.787. The summed E-state index contributed by atoms with van der Waals surface area (Å²) >= 11 is 6.23. The Morgan fingerprint density at radius 1 is 1.37 bits per heavy atom. The molecule has 1 fully saturated rings. The fourth-order valence-corrected chi connectivity index (χ4v) is 2.81. The monoisotopic (exact) mass is 390 g/mol. The van der Waals surface area contributed by atoms with Crippen LogP contribution < -0.4 is 15.4 Å². The third-order valence-electron chi connectivity index (χ3n) is 4.14. The van der Waals surface area contributed by atoms with Crippen LogP contribution in [0.4, 0.5) is 5.69 Å². The lowest BCUT2D eigenvalue weighted by atomic mass is 10.2. The van der Waals surface area contributed by atoms with Gasteiger partial charge in [-0.15, -0.1) is 0 Å². The molecule has 1 aromatic carbocycles. The predicted octanol–water partition coefficient (Wildman–Crippen LogP) is 2.30. The van der Waals surface area contributed by atoms with Gasteiger partial charge in [-0.3, -0.25) is 14.8 Å². The smallest absolute Gasteiger partial charge is 0.230 e. The first-order valence-electron chi connectivity index (χ1n) is 8.84. The Morgan fingerprint density at radius 2 is 2.22 bits per heavy atom. The van der Waals surface area contributed by atoms with Crippen LogP contribution in [-0.2, 0) is 16.0 Å². The molecule has 0 bridgehead atoms. The zero-order chi connectivity index (χ0) is 19.2. The van der Waals surface area contributed by atoms with Gasteiger partial charge in [0, 0.05) is 30.5 Å². The maximum atomic E-state index is 12.4. The lowest BCUT2D eigenvalue weighted by Gasteiger charge is -2.24. The number of nitrogens with one attached hydrogen (secondary N) is 2. The van der Waals surface area contributed by atoms with Crippen molar-refractivity contribution >= 4 is 23.2 Å². The highest BCUT2D eigenvalue weighted by Crippen LogP contribution is 2.31. The number of hydrogen-bond acceptors (Lipinski definition) is 6. The van der Waals surface area contributed by atoms with Crippen molar-refractivity contribution in [3.63, 3.8) is 0 Å². The third-order valence-corrected chi connectivity index (χ3v) is 4.55. The molecule has 1 amide bonds. The van der Waals surface area contributed by atoms with Crippen molar-refractivity contribution in [1.82, 2.24) is 15.3 Å². The van der Waals surface area contributed by atoms with E-state index in [9.17, 15) is 4.79 Å². The third kappa shape index (κ3) is 5.63. The summed E-state index contributed by atoms with van der Waals surface area (Å²) in [7, 11) is 0. The standard InChI is InChI=1S/C19H23ClN4O3/c1-12-5-18(27-11-15-10-21-3-4-26-15)17(7-16(12)20)24-19(25)6-14-9-22-13(2)8-23-14/h5,7-9,15,21H,3-4,6,10-11H2,1-2H3,(H,24,25). The molecule has 2 N–H and O–H groups in total. The Morgan fingerprint density at radius 3 is 2.93 bits per heavy atom. The molecule has 0 aliphatic carbocycles. The highest BCUT2D eigenvalue weighted by molar-refractivity contribution is 6.31. The van der Waals surface area contributed by atoms with E-state index in [2.05, 4.69) is 20.6 Å². The summed E-state index contributed by atoms with van der Waals surface area (Å²) in [6.07, 6.45) is 3.33. The number of rotatable bonds is 6. The van der Waals surface area contributed by atoms with Crippen molar-refractivity contribution in [2.24, 2.45) is 0 Å². The highest BCUT2D eigenvalue weighted by atomic mass is 35.5. The molecular weight excluding hydrogens is 368 g/mol. The molecule has 7 nitrogen and oxygen atoms in total. The number of aromatic nitrogens is 2. The SMILES string of the molecule is Cc1cnc(CC(=O)Nc2cc(Cl)c(C)cc2OCC2CNCCO2)cn1. The minimum atomic E-state index is -0.214. The number of benzene rings is 1. The minimum absolute atomic E-state index is 0.0267.